The van der Waals surface area contributed by atoms with E-state index in [9.17, 15) is 14.4 Å². The molecule has 3 aromatic carbocycles. The van der Waals surface area contributed by atoms with Crippen molar-refractivity contribution in [2.24, 2.45) is 0 Å². The molecule has 1 aromatic heterocycles. The molecule has 0 fully saturated rings. The number of fused-ring (bicyclic) bond motifs is 1. The van der Waals surface area contributed by atoms with Crippen LogP contribution in [0.25, 0.3) is 10.9 Å². The van der Waals surface area contributed by atoms with Gasteiger partial charge in [-0.25, -0.2) is 4.68 Å². The average molecular weight is 546 g/mol. The van der Waals surface area contributed by atoms with Gasteiger partial charge in [-0.15, -0.1) is 0 Å². The minimum atomic E-state index is -0.963. The summed E-state index contributed by atoms with van der Waals surface area (Å²) >= 11 is 15.3. The van der Waals surface area contributed by atoms with E-state index in [0.29, 0.717) is 32.3 Å². The summed E-state index contributed by atoms with van der Waals surface area (Å²) in [5.74, 6) is -2.36. The van der Waals surface area contributed by atoms with Crippen LogP contribution in [0.1, 0.15) is 10.5 Å². The normalized spacial score (nSPS) is 10.6. The molecule has 0 saturated heterocycles. The predicted octanol–water partition coefficient (Wildman–Crippen LogP) is 5.67. The highest BCUT2D eigenvalue weighted by Crippen LogP contribution is 2.24. The molecular weight excluding hydrogens is 531 g/mol. The predicted molar refractivity (Wildman–Crippen MR) is 133 cm³/mol. The zero-order valence-electron chi connectivity index (χ0n) is 16.7. The summed E-state index contributed by atoms with van der Waals surface area (Å²) in [6.07, 6.45) is 0. The summed E-state index contributed by atoms with van der Waals surface area (Å²) in [6, 6.07) is 19.8. The van der Waals surface area contributed by atoms with Gasteiger partial charge in [0.25, 0.3) is 5.91 Å². The van der Waals surface area contributed by atoms with E-state index in [1.165, 1.54) is 4.68 Å². The van der Waals surface area contributed by atoms with Crippen LogP contribution in [0, 0.1) is 0 Å². The number of hydrogen-bond acceptors (Lipinski definition) is 3. The third-order valence-corrected chi connectivity index (χ3v) is 5.64. The minimum Gasteiger partial charge on any atom is -0.321 e. The van der Waals surface area contributed by atoms with Crippen LogP contribution < -0.4 is 16.1 Å². The Morgan fingerprint density at radius 2 is 1.33 bits per heavy atom. The molecule has 0 saturated carbocycles. The van der Waals surface area contributed by atoms with E-state index in [2.05, 4.69) is 32.0 Å². The van der Waals surface area contributed by atoms with E-state index in [4.69, 9.17) is 23.2 Å². The number of nitrogens with zero attached hydrogens (tertiary/aromatic N) is 1. The Hall–Kier alpha value is -3.33. The zero-order valence-corrected chi connectivity index (χ0v) is 19.8. The molecule has 1 heterocycles. The Morgan fingerprint density at radius 1 is 0.727 bits per heavy atom. The second-order valence-corrected chi connectivity index (χ2v) is 8.72. The molecule has 4 aromatic rings. The number of rotatable bonds is 4. The molecule has 166 valence electrons. The van der Waals surface area contributed by atoms with Gasteiger partial charge < -0.3 is 10.6 Å². The molecule has 0 radical (unpaired) electrons. The van der Waals surface area contributed by atoms with Crippen molar-refractivity contribution in [1.29, 1.82) is 0 Å². The molecule has 0 aliphatic carbocycles. The maximum Gasteiger partial charge on any atom is 0.328 e. The number of carbonyl (C=O) groups excluding carboxylic acids is 3. The van der Waals surface area contributed by atoms with E-state index in [-0.39, 0.29) is 5.69 Å². The highest BCUT2D eigenvalue weighted by atomic mass is 79.9. The van der Waals surface area contributed by atoms with Crippen LogP contribution >= 0.6 is 39.1 Å². The van der Waals surface area contributed by atoms with Crippen molar-refractivity contribution in [3.8, 4) is 0 Å². The monoisotopic (exact) mass is 544 g/mol. The fourth-order valence-corrected chi connectivity index (χ4v) is 3.65. The lowest BCUT2D eigenvalue weighted by Crippen LogP contribution is -2.36. The van der Waals surface area contributed by atoms with Gasteiger partial charge in [0.15, 0.2) is 0 Å². The Balaban J connectivity index is 1.61. The Bertz CT molecular complexity index is 1370. The Morgan fingerprint density at radius 3 is 2.03 bits per heavy atom. The highest BCUT2D eigenvalue weighted by Gasteiger charge is 2.21. The maximum absolute atomic E-state index is 13.0. The van der Waals surface area contributed by atoms with E-state index in [1.54, 1.807) is 72.8 Å². The molecule has 3 N–H and O–H groups in total. The number of nitrogens with one attached hydrogen (secondary N) is 3. The number of benzene rings is 3. The van der Waals surface area contributed by atoms with Crippen LogP contribution in [0.2, 0.25) is 10.0 Å². The van der Waals surface area contributed by atoms with Crippen molar-refractivity contribution in [3.63, 3.8) is 0 Å². The van der Waals surface area contributed by atoms with Crippen LogP contribution in [0.3, 0.4) is 0 Å². The molecule has 0 aliphatic heterocycles. The van der Waals surface area contributed by atoms with Gasteiger partial charge in [-0.1, -0.05) is 39.1 Å². The summed E-state index contributed by atoms with van der Waals surface area (Å²) in [5.41, 5.74) is 4.06. The zero-order chi connectivity index (χ0) is 23.5. The highest BCUT2D eigenvalue weighted by molar-refractivity contribution is 9.10. The van der Waals surface area contributed by atoms with E-state index < -0.39 is 17.7 Å². The van der Waals surface area contributed by atoms with Gasteiger partial charge in [-0.2, -0.15) is 0 Å². The molecule has 0 spiro atoms. The van der Waals surface area contributed by atoms with Crippen LogP contribution in [0.4, 0.5) is 11.4 Å². The van der Waals surface area contributed by atoms with Crippen LogP contribution in [-0.2, 0) is 9.59 Å². The summed E-state index contributed by atoms with van der Waals surface area (Å²) in [5, 5.41) is 6.83. The molecule has 0 atom stereocenters. The van der Waals surface area contributed by atoms with Crippen LogP contribution in [0.5, 0.6) is 0 Å². The third-order valence-electron chi connectivity index (χ3n) is 4.62. The molecule has 33 heavy (non-hydrogen) atoms. The number of halogens is 3. The Kier molecular flexibility index (Phi) is 6.69. The second-order valence-electron chi connectivity index (χ2n) is 6.93. The van der Waals surface area contributed by atoms with Gasteiger partial charge in [0.1, 0.15) is 5.69 Å². The van der Waals surface area contributed by atoms with Crippen molar-refractivity contribution >= 4 is 79.1 Å². The minimum absolute atomic E-state index is 0.114. The van der Waals surface area contributed by atoms with E-state index >= 15 is 0 Å². The SMILES string of the molecule is O=C(Nc1ccc(Cl)cc1)C(=O)Nn1c(C(=O)Nc2ccc(Br)cc2)cc2cc(Cl)ccc21. The van der Waals surface area contributed by atoms with E-state index in [1.807, 2.05) is 0 Å². The van der Waals surface area contributed by atoms with Gasteiger partial charge in [0.2, 0.25) is 0 Å². The third kappa shape index (κ3) is 5.36. The van der Waals surface area contributed by atoms with Crippen molar-refractivity contribution < 1.29 is 14.4 Å². The average Bonchev–Trinajstić information content (AvgIpc) is 3.14. The first-order chi connectivity index (χ1) is 15.8. The second kappa shape index (κ2) is 9.66. The quantitative estimate of drug-likeness (QED) is 0.288. The van der Waals surface area contributed by atoms with Gasteiger partial charge in [0.05, 0.1) is 5.52 Å². The Labute approximate surface area is 206 Å². The number of aromatic nitrogens is 1. The summed E-state index contributed by atoms with van der Waals surface area (Å²) in [6.45, 7) is 0. The standard InChI is InChI=1S/C23H15BrCl2N4O3/c24-14-1-6-17(7-2-14)27-21(31)20-12-13-11-16(26)5-10-19(13)30(20)29-23(33)22(32)28-18-8-3-15(25)4-9-18/h1-12H,(H,27,31)(H,28,32)(H,29,33). The molecule has 3 amide bonds. The summed E-state index contributed by atoms with van der Waals surface area (Å²) < 4.78 is 2.12. The van der Waals surface area contributed by atoms with E-state index in [0.717, 1.165) is 4.47 Å². The number of anilines is 2. The van der Waals surface area contributed by atoms with Crippen molar-refractivity contribution in [2.75, 3.05) is 16.1 Å². The fraction of sp³-hybridized carbons (Fsp3) is 0. The molecule has 0 aliphatic rings. The van der Waals surface area contributed by atoms with Crippen molar-refractivity contribution in [2.45, 2.75) is 0 Å². The molecule has 0 bridgehead atoms. The fourth-order valence-electron chi connectivity index (χ4n) is 3.08. The van der Waals surface area contributed by atoms with Gasteiger partial charge >= 0.3 is 11.8 Å². The number of carbonyl (C=O) groups is 3. The number of amides is 3. The lowest BCUT2D eigenvalue weighted by atomic mass is 10.2. The maximum atomic E-state index is 13.0. The molecule has 0 unspecified atom stereocenters. The first-order valence-corrected chi connectivity index (χ1v) is 11.1. The largest absolute Gasteiger partial charge is 0.328 e. The van der Waals surface area contributed by atoms with Gasteiger partial charge in [-0.3, -0.25) is 19.8 Å². The summed E-state index contributed by atoms with van der Waals surface area (Å²) in [4.78, 5) is 38.1. The van der Waals surface area contributed by atoms with Crippen molar-refractivity contribution in [3.05, 3.63) is 93.0 Å². The topological polar surface area (TPSA) is 92.2 Å². The molecule has 7 nitrogen and oxygen atoms in total. The van der Waals surface area contributed by atoms with Crippen LogP contribution in [-0.4, -0.2) is 22.4 Å². The first-order valence-electron chi connectivity index (χ1n) is 9.56. The van der Waals surface area contributed by atoms with Crippen LogP contribution in [0.15, 0.2) is 77.3 Å². The molecule has 4 rings (SSSR count). The number of hydrogen-bond donors (Lipinski definition) is 3. The van der Waals surface area contributed by atoms with Gasteiger partial charge in [0, 0.05) is 31.3 Å². The summed E-state index contributed by atoms with van der Waals surface area (Å²) in [7, 11) is 0. The van der Waals surface area contributed by atoms with Crippen molar-refractivity contribution in [1.82, 2.24) is 4.68 Å². The smallest absolute Gasteiger partial charge is 0.321 e. The lowest BCUT2D eigenvalue weighted by molar-refractivity contribution is -0.133. The lowest BCUT2D eigenvalue weighted by Gasteiger charge is -2.13. The molecular formula is C23H15BrCl2N4O3. The van der Waals surface area contributed by atoms with Gasteiger partial charge in [-0.05, 0) is 72.8 Å². The first kappa shape index (κ1) is 22.8. The molecule has 10 heteroatoms.